The smallest absolute Gasteiger partial charge is 0.243 e. The molecule has 0 aromatic carbocycles. The quantitative estimate of drug-likeness (QED) is 0.822. The SMILES string of the molecule is CCN1C(=O)C2(CCN(Cc3ccncc3F)CC2)CC1C(=O)NC1CCCC1. The summed E-state index contributed by atoms with van der Waals surface area (Å²) in [6, 6.07) is 1.63. The second-order valence-corrected chi connectivity index (χ2v) is 8.82. The molecule has 4 rings (SSSR count). The van der Waals surface area contributed by atoms with Crippen LogP contribution in [0.1, 0.15) is 57.4 Å². The van der Waals surface area contributed by atoms with E-state index in [1.165, 1.54) is 19.0 Å². The van der Waals surface area contributed by atoms with Crippen LogP contribution in [0.4, 0.5) is 4.39 Å². The Hall–Kier alpha value is -2.02. The van der Waals surface area contributed by atoms with E-state index in [1.807, 2.05) is 6.92 Å². The summed E-state index contributed by atoms with van der Waals surface area (Å²) >= 11 is 0. The predicted molar refractivity (Wildman–Crippen MR) is 107 cm³/mol. The molecule has 6 nitrogen and oxygen atoms in total. The number of carbonyl (C=O) groups is 2. The minimum atomic E-state index is -0.443. The van der Waals surface area contributed by atoms with Gasteiger partial charge in [-0.05, 0) is 58.2 Å². The molecule has 1 aromatic rings. The third-order valence-electron chi connectivity index (χ3n) is 7.08. The number of nitrogens with zero attached hydrogens (tertiary/aromatic N) is 3. The number of halogens is 1. The Kier molecular flexibility index (Phi) is 5.86. The van der Waals surface area contributed by atoms with Crippen molar-refractivity contribution in [3.63, 3.8) is 0 Å². The summed E-state index contributed by atoms with van der Waals surface area (Å²) in [5, 5.41) is 3.18. The number of amides is 2. The summed E-state index contributed by atoms with van der Waals surface area (Å²) in [6.45, 7) is 4.52. The maximum atomic E-state index is 13.9. The molecule has 1 unspecified atom stereocenters. The lowest BCUT2D eigenvalue weighted by molar-refractivity contribution is -0.141. The van der Waals surface area contributed by atoms with Crippen LogP contribution in [-0.4, -0.2) is 58.3 Å². The number of rotatable bonds is 5. The van der Waals surface area contributed by atoms with E-state index in [4.69, 9.17) is 0 Å². The number of piperidine rings is 1. The highest BCUT2D eigenvalue weighted by molar-refractivity contribution is 5.94. The molecule has 1 spiro atoms. The number of pyridine rings is 1. The largest absolute Gasteiger partial charge is 0.352 e. The molecule has 1 atom stereocenters. The number of carbonyl (C=O) groups excluding carboxylic acids is 2. The molecule has 1 aromatic heterocycles. The van der Waals surface area contributed by atoms with Crippen molar-refractivity contribution < 1.29 is 14.0 Å². The molecule has 0 radical (unpaired) electrons. The monoisotopic (exact) mass is 402 g/mol. The molecule has 1 N–H and O–H groups in total. The fraction of sp³-hybridized carbons (Fsp3) is 0.682. The van der Waals surface area contributed by atoms with E-state index in [2.05, 4.69) is 15.2 Å². The Bertz CT molecular complexity index is 757. The highest BCUT2D eigenvalue weighted by Crippen LogP contribution is 2.44. The fourth-order valence-corrected chi connectivity index (χ4v) is 5.31. The van der Waals surface area contributed by atoms with E-state index in [9.17, 15) is 14.0 Å². The number of nitrogens with one attached hydrogen (secondary N) is 1. The van der Waals surface area contributed by atoms with Crippen molar-refractivity contribution in [3.05, 3.63) is 29.8 Å². The van der Waals surface area contributed by atoms with Crippen molar-refractivity contribution in [1.82, 2.24) is 20.1 Å². The lowest BCUT2D eigenvalue weighted by atomic mass is 9.76. The summed E-state index contributed by atoms with van der Waals surface area (Å²) in [4.78, 5) is 33.9. The molecule has 1 aliphatic carbocycles. The first-order valence-corrected chi connectivity index (χ1v) is 10.9. The highest BCUT2D eigenvalue weighted by atomic mass is 19.1. The number of aromatic nitrogens is 1. The number of hydrogen-bond donors (Lipinski definition) is 1. The van der Waals surface area contributed by atoms with Gasteiger partial charge in [0.25, 0.3) is 0 Å². The van der Waals surface area contributed by atoms with Gasteiger partial charge < -0.3 is 10.2 Å². The van der Waals surface area contributed by atoms with E-state index in [0.29, 0.717) is 25.1 Å². The van der Waals surface area contributed by atoms with Crippen LogP contribution in [0.15, 0.2) is 18.5 Å². The third-order valence-corrected chi connectivity index (χ3v) is 7.08. The van der Waals surface area contributed by atoms with Gasteiger partial charge in [0.2, 0.25) is 11.8 Å². The summed E-state index contributed by atoms with van der Waals surface area (Å²) in [5.74, 6) is -0.142. The fourth-order valence-electron chi connectivity index (χ4n) is 5.31. The van der Waals surface area contributed by atoms with Gasteiger partial charge in [-0.3, -0.25) is 19.5 Å². The zero-order chi connectivity index (χ0) is 20.4. The van der Waals surface area contributed by atoms with Crippen molar-refractivity contribution in [2.75, 3.05) is 19.6 Å². The van der Waals surface area contributed by atoms with Crippen LogP contribution in [-0.2, 0) is 16.1 Å². The maximum Gasteiger partial charge on any atom is 0.243 e. The molecular weight excluding hydrogens is 371 g/mol. The minimum Gasteiger partial charge on any atom is -0.352 e. The maximum absolute atomic E-state index is 13.9. The minimum absolute atomic E-state index is 0.0188. The first kappa shape index (κ1) is 20.3. The first-order chi connectivity index (χ1) is 14.0. The Balaban J connectivity index is 1.40. The predicted octanol–water partition coefficient (Wildman–Crippen LogP) is 2.48. The van der Waals surface area contributed by atoms with Gasteiger partial charge in [-0.15, -0.1) is 0 Å². The van der Waals surface area contributed by atoms with E-state index in [0.717, 1.165) is 38.8 Å². The summed E-state index contributed by atoms with van der Waals surface area (Å²) in [7, 11) is 0. The van der Waals surface area contributed by atoms with Crippen molar-refractivity contribution in [2.24, 2.45) is 5.41 Å². The Labute approximate surface area is 171 Å². The standard InChI is InChI=1S/C22H31FN4O2/c1-2-27-19(20(28)25-17-5-3-4-6-17)13-22(21(27)29)8-11-26(12-9-22)15-16-7-10-24-14-18(16)23/h7,10,14,17,19H,2-6,8-9,11-13,15H2,1H3,(H,25,28). The molecule has 1 saturated carbocycles. The van der Waals surface area contributed by atoms with Gasteiger partial charge >= 0.3 is 0 Å². The third kappa shape index (κ3) is 4.02. The number of likely N-dealkylation sites (N-methyl/N-ethyl adjacent to an activating group) is 1. The zero-order valence-electron chi connectivity index (χ0n) is 17.2. The highest BCUT2D eigenvalue weighted by Gasteiger charge is 2.54. The normalized spacial score (nSPS) is 25.1. The van der Waals surface area contributed by atoms with Crippen molar-refractivity contribution in [1.29, 1.82) is 0 Å². The number of likely N-dealkylation sites (tertiary alicyclic amines) is 2. The summed E-state index contributed by atoms with van der Waals surface area (Å²) in [5.41, 5.74) is 0.193. The van der Waals surface area contributed by atoms with Gasteiger partial charge in [-0.2, -0.15) is 0 Å². The average Bonchev–Trinajstić information content (AvgIpc) is 3.32. The molecule has 2 amide bonds. The van der Waals surface area contributed by atoms with Crippen LogP contribution in [0.2, 0.25) is 0 Å². The van der Waals surface area contributed by atoms with Crippen LogP contribution < -0.4 is 5.32 Å². The number of hydrogen-bond acceptors (Lipinski definition) is 4. The first-order valence-electron chi connectivity index (χ1n) is 10.9. The van der Waals surface area contributed by atoms with Gasteiger partial charge in [0, 0.05) is 30.9 Å². The van der Waals surface area contributed by atoms with E-state index in [1.54, 1.807) is 17.2 Å². The lowest BCUT2D eigenvalue weighted by Crippen LogP contribution is -2.47. The topological polar surface area (TPSA) is 65.5 Å². The molecular formula is C22H31FN4O2. The van der Waals surface area contributed by atoms with Crippen LogP contribution in [0.25, 0.3) is 0 Å². The molecule has 29 heavy (non-hydrogen) atoms. The Morgan fingerprint density at radius 1 is 1.31 bits per heavy atom. The van der Waals surface area contributed by atoms with E-state index >= 15 is 0 Å². The average molecular weight is 403 g/mol. The molecule has 3 heterocycles. The molecule has 158 valence electrons. The van der Waals surface area contributed by atoms with Crippen LogP contribution in [0.3, 0.4) is 0 Å². The van der Waals surface area contributed by atoms with E-state index < -0.39 is 5.41 Å². The second kappa shape index (κ2) is 8.38. The van der Waals surface area contributed by atoms with Crippen LogP contribution in [0.5, 0.6) is 0 Å². The van der Waals surface area contributed by atoms with Crippen LogP contribution >= 0.6 is 0 Å². The van der Waals surface area contributed by atoms with Gasteiger partial charge in [-0.1, -0.05) is 12.8 Å². The van der Waals surface area contributed by atoms with Crippen molar-refractivity contribution in [2.45, 2.75) is 70.5 Å². The van der Waals surface area contributed by atoms with Gasteiger partial charge in [0.15, 0.2) is 0 Å². The zero-order valence-corrected chi connectivity index (χ0v) is 17.2. The molecule has 3 fully saturated rings. The summed E-state index contributed by atoms with van der Waals surface area (Å²) < 4.78 is 13.9. The van der Waals surface area contributed by atoms with Gasteiger partial charge in [0.1, 0.15) is 11.9 Å². The lowest BCUT2D eigenvalue weighted by Gasteiger charge is -2.37. The van der Waals surface area contributed by atoms with E-state index in [-0.39, 0.29) is 29.7 Å². The molecule has 2 saturated heterocycles. The van der Waals surface area contributed by atoms with Crippen molar-refractivity contribution in [3.8, 4) is 0 Å². The summed E-state index contributed by atoms with van der Waals surface area (Å²) in [6.07, 6.45) is 9.34. The molecule has 2 aliphatic heterocycles. The Morgan fingerprint density at radius 2 is 2.03 bits per heavy atom. The molecule has 3 aliphatic rings. The Morgan fingerprint density at radius 3 is 2.69 bits per heavy atom. The molecule has 7 heteroatoms. The van der Waals surface area contributed by atoms with Gasteiger partial charge in [-0.25, -0.2) is 4.39 Å². The van der Waals surface area contributed by atoms with Crippen molar-refractivity contribution >= 4 is 11.8 Å². The second-order valence-electron chi connectivity index (χ2n) is 8.82. The molecule has 0 bridgehead atoms. The van der Waals surface area contributed by atoms with Gasteiger partial charge in [0.05, 0.1) is 11.6 Å². The van der Waals surface area contributed by atoms with Crippen LogP contribution in [0, 0.1) is 11.2 Å².